The van der Waals surface area contributed by atoms with E-state index in [4.69, 9.17) is 20.4 Å². The SMILES string of the molecule is CC[C@H](C)[C@@H](/C=C/C(=O)N1Cc2ccccc2C1)CC(=O)[C@H](C)N.CC[C@H](C)[C@@H](/C=C/C(=O)N1Cc2ccccc2C1)CC(=O)[C@H](C)NC(=O)OC(C)(C)C.O=C(O)C(F)(F)F. The van der Waals surface area contributed by atoms with Crippen molar-refractivity contribution in [1.29, 1.82) is 0 Å². The van der Waals surface area contributed by atoms with Gasteiger partial charge in [-0.15, -0.1) is 0 Å². The number of Topliss-reactive ketones (excluding diaryl/α,β-unsaturated/α-hetero) is 2. The smallest absolute Gasteiger partial charge is 0.475 e. The van der Waals surface area contributed by atoms with Crippen molar-refractivity contribution in [1.82, 2.24) is 15.1 Å². The molecule has 2 aromatic rings. The van der Waals surface area contributed by atoms with E-state index in [1.807, 2.05) is 58.4 Å². The Hall–Kier alpha value is -5.31. The number of fused-ring (bicyclic) bond motifs is 2. The molecule has 6 atom stereocenters. The predicted octanol–water partition coefficient (Wildman–Crippen LogP) is 8.31. The van der Waals surface area contributed by atoms with E-state index in [-0.39, 0.29) is 47.6 Å². The number of aliphatic carboxylic acids is 1. The fraction of sp³-hybridized carbons (Fsp3) is 0.532. The number of allylic oxidation sites excluding steroid dienone is 2. The first-order valence-electron chi connectivity index (χ1n) is 21.0. The van der Waals surface area contributed by atoms with Crippen LogP contribution in [0.25, 0.3) is 0 Å². The molecule has 2 aliphatic heterocycles. The summed E-state index contributed by atoms with van der Waals surface area (Å²) >= 11 is 0. The molecule has 2 heterocycles. The highest BCUT2D eigenvalue weighted by molar-refractivity contribution is 5.90. The first-order valence-corrected chi connectivity index (χ1v) is 21.0. The number of hydrogen-bond donors (Lipinski definition) is 3. The van der Waals surface area contributed by atoms with Gasteiger partial charge in [0.15, 0.2) is 5.78 Å². The van der Waals surface area contributed by atoms with Crippen molar-refractivity contribution >= 4 is 35.4 Å². The Balaban J connectivity index is 0.000000378. The average Bonchev–Trinajstić information content (AvgIpc) is 3.84. The molecule has 62 heavy (non-hydrogen) atoms. The third kappa shape index (κ3) is 18.0. The molecule has 0 radical (unpaired) electrons. The van der Waals surface area contributed by atoms with Crippen molar-refractivity contribution < 1.29 is 51.8 Å². The number of nitrogens with zero attached hydrogens (tertiary/aromatic N) is 2. The van der Waals surface area contributed by atoms with Gasteiger partial charge in [0.1, 0.15) is 11.4 Å². The van der Waals surface area contributed by atoms with Crippen LogP contribution in [-0.2, 0) is 54.9 Å². The zero-order valence-corrected chi connectivity index (χ0v) is 37.5. The van der Waals surface area contributed by atoms with Gasteiger partial charge in [0.2, 0.25) is 11.8 Å². The van der Waals surface area contributed by atoms with Crippen molar-refractivity contribution in [2.45, 2.75) is 138 Å². The minimum Gasteiger partial charge on any atom is -0.475 e. The molecule has 0 saturated heterocycles. The second kappa shape index (κ2) is 24.4. The summed E-state index contributed by atoms with van der Waals surface area (Å²) in [7, 11) is 0. The summed E-state index contributed by atoms with van der Waals surface area (Å²) in [5.41, 5.74) is 9.85. The van der Waals surface area contributed by atoms with Gasteiger partial charge in [-0.05, 0) is 92.7 Å². The van der Waals surface area contributed by atoms with Gasteiger partial charge < -0.3 is 30.7 Å². The molecule has 342 valence electrons. The van der Waals surface area contributed by atoms with Gasteiger partial charge in [-0.2, -0.15) is 13.2 Å². The second-order valence-electron chi connectivity index (χ2n) is 17.0. The van der Waals surface area contributed by atoms with Gasteiger partial charge in [-0.1, -0.05) is 101 Å². The summed E-state index contributed by atoms with van der Waals surface area (Å²) in [6.07, 6.45) is 3.82. The normalized spacial score (nSPS) is 16.3. The number of ketones is 2. The maximum Gasteiger partial charge on any atom is 0.490 e. The zero-order chi connectivity index (χ0) is 46.9. The first kappa shape index (κ1) is 52.8. The lowest BCUT2D eigenvalue weighted by Crippen LogP contribution is -2.42. The van der Waals surface area contributed by atoms with E-state index in [9.17, 15) is 37.1 Å². The van der Waals surface area contributed by atoms with Crippen LogP contribution in [0.4, 0.5) is 18.0 Å². The van der Waals surface area contributed by atoms with Crippen LogP contribution < -0.4 is 11.1 Å². The molecule has 0 spiro atoms. The van der Waals surface area contributed by atoms with Crippen LogP contribution in [0.3, 0.4) is 0 Å². The number of nitrogens with two attached hydrogens (primary N) is 1. The Labute approximate surface area is 364 Å². The molecule has 3 amide bonds. The third-order valence-electron chi connectivity index (χ3n) is 10.9. The van der Waals surface area contributed by atoms with Crippen LogP contribution >= 0.6 is 0 Å². The lowest BCUT2D eigenvalue weighted by atomic mass is 9.86. The van der Waals surface area contributed by atoms with Crippen LogP contribution in [0.5, 0.6) is 0 Å². The van der Waals surface area contributed by atoms with Crippen molar-refractivity contribution in [3.63, 3.8) is 0 Å². The van der Waals surface area contributed by atoms with Crippen LogP contribution in [0.15, 0.2) is 72.8 Å². The van der Waals surface area contributed by atoms with Crippen LogP contribution in [0, 0.1) is 23.7 Å². The fourth-order valence-electron chi connectivity index (χ4n) is 6.52. The number of halogens is 3. The highest BCUT2D eigenvalue weighted by atomic mass is 19.4. The molecule has 4 N–H and O–H groups in total. The number of rotatable bonds is 15. The zero-order valence-electron chi connectivity index (χ0n) is 37.5. The van der Waals surface area contributed by atoms with Gasteiger partial charge in [0.05, 0.1) is 12.1 Å². The highest BCUT2D eigenvalue weighted by Crippen LogP contribution is 2.26. The number of alkyl carbamates (subject to hydrolysis) is 1. The minimum absolute atomic E-state index is 0.00717. The molecule has 0 bridgehead atoms. The summed E-state index contributed by atoms with van der Waals surface area (Å²) in [6.45, 7) is 19.6. The van der Waals surface area contributed by atoms with E-state index in [1.165, 1.54) is 22.3 Å². The molecule has 2 aromatic carbocycles. The standard InChI is InChI=1S/C25H36N2O4.C20H28N2O2.C2HF3O2/c1-7-17(2)19(14-22(28)18(3)26-24(30)31-25(4,5)6)12-13-23(29)27-15-20-10-8-9-11-21(20)16-27;1-4-14(2)16(11-19(23)15(3)21)9-10-20(24)22-12-17-7-5-6-8-18(17)13-22;3-2(4,5)1(6)7/h8-13,17-19H,7,14-16H2,1-6H3,(H,26,30);5-10,14-16H,4,11-13,21H2,1-3H3;(H,6,7)/b13-12+;10-9+;/t17-,18-,19-;14-,15-,16-;/m00./s1. The van der Waals surface area contributed by atoms with Crippen molar-refractivity contribution in [3.8, 4) is 0 Å². The van der Waals surface area contributed by atoms with Gasteiger partial charge in [0, 0.05) is 39.0 Å². The number of carboxylic acids is 1. The number of carbonyl (C=O) groups excluding carboxylic acids is 5. The van der Waals surface area contributed by atoms with E-state index in [0.29, 0.717) is 38.5 Å². The number of hydrogen-bond acceptors (Lipinski definition) is 8. The lowest BCUT2D eigenvalue weighted by molar-refractivity contribution is -0.192. The number of carboxylic acid groups (broad SMARTS) is 1. The maximum atomic E-state index is 12.7. The van der Waals surface area contributed by atoms with Gasteiger partial charge in [-0.25, -0.2) is 9.59 Å². The Bertz CT molecular complexity index is 1860. The molecular formula is C47H65F3N4O8. The Morgan fingerprint density at radius 3 is 1.34 bits per heavy atom. The summed E-state index contributed by atoms with van der Waals surface area (Å²) in [5.74, 6) is -2.27. The quantitative estimate of drug-likeness (QED) is 0.149. The second-order valence-corrected chi connectivity index (χ2v) is 17.0. The minimum atomic E-state index is -5.08. The van der Waals surface area contributed by atoms with Crippen LogP contribution in [0.1, 0.15) is 110 Å². The van der Waals surface area contributed by atoms with Gasteiger partial charge >= 0.3 is 18.2 Å². The van der Waals surface area contributed by atoms with Crippen LogP contribution in [-0.4, -0.2) is 74.2 Å². The molecule has 15 heteroatoms. The molecule has 4 rings (SSSR count). The van der Waals surface area contributed by atoms with Gasteiger partial charge in [0.25, 0.3) is 0 Å². The molecular weight excluding hydrogens is 806 g/mol. The summed E-state index contributed by atoms with van der Waals surface area (Å²) in [5, 5.41) is 9.73. The van der Waals surface area contributed by atoms with E-state index < -0.39 is 35.9 Å². The van der Waals surface area contributed by atoms with E-state index >= 15 is 0 Å². The number of amides is 3. The fourth-order valence-corrected chi connectivity index (χ4v) is 6.52. The Morgan fingerprint density at radius 1 is 0.710 bits per heavy atom. The molecule has 0 saturated carbocycles. The number of nitrogens with one attached hydrogen (secondary N) is 1. The topological polar surface area (TPSA) is 176 Å². The average molecular weight is 871 g/mol. The molecule has 0 aliphatic carbocycles. The van der Waals surface area contributed by atoms with Crippen LogP contribution in [0.2, 0.25) is 0 Å². The molecule has 0 aromatic heterocycles. The van der Waals surface area contributed by atoms with E-state index in [0.717, 1.165) is 12.8 Å². The maximum absolute atomic E-state index is 12.7. The van der Waals surface area contributed by atoms with E-state index in [1.54, 1.807) is 46.8 Å². The Morgan fingerprint density at radius 2 is 1.05 bits per heavy atom. The number of alkyl halides is 3. The van der Waals surface area contributed by atoms with E-state index in [2.05, 4.69) is 45.1 Å². The highest BCUT2D eigenvalue weighted by Gasteiger charge is 2.38. The lowest BCUT2D eigenvalue weighted by Gasteiger charge is -2.23. The van der Waals surface area contributed by atoms with Crippen molar-refractivity contribution in [3.05, 3.63) is 95.1 Å². The summed E-state index contributed by atoms with van der Waals surface area (Å²) in [4.78, 5) is 74.4. The molecule has 12 nitrogen and oxygen atoms in total. The number of carbonyl (C=O) groups is 6. The molecule has 2 aliphatic rings. The summed E-state index contributed by atoms with van der Waals surface area (Å²) < 4.78 is 37.0. The summed E-state index contributed by atoms with van der Waals surface area (Å²) in [6, 6.07) is 15.1. The number of ether oxygens (including phenoxy) is 1. The first-order chi connectivity index (χ1) is 28.9. The molecule has 0 unspecified atom stereocenters. The molecule has 0 fully saturated rings. The van der Waals surface area contributed by atoms with Gasteiger partial charge in [-0.3, -0.25) is 19.2 Å². The van der Waals surface area contributed by atoms with Crippen molar-refractivity contribution in [2.75, 3.05) is 0 Å². The predicted molar refractivity (Wildman–Crippen MR) is 231 cm³/mol. The third-order valence-corrected chi connectivity index (χ3v) is 10.9. The Kier molecular flexibility index (Phi) is 20.8. The van der Waals surface area contributed by atoms with Crippen molar-refractivity contribution in [2.24, 2.45) is 29.4 Å². The largest absolute Gasteiger partial charge is 0.490 e. The number of benzene rings is 2. The monoisotopic (exact) mass is 870 g/mol.